The monoisotopic (exact) mass is 390 g/mol. The third-order valence-electron chi connectivity index (χ3n) is 3.02. The molecule has 9 heteroatoms. The average Bonchev–Trinajstić information content (AvgIpc) is 3.04. The quantitative estimate of drug-likeness (QED) is 0.636. The van der Waals surface area contributed by atoms with Crippen LogP contribution in [-0.2, 0) is 17.1 Å². The maximum atomic E-state index is 12.3. The van der Waals surface area contributed by atoms with E-state index in [0.717, 1.165) is 26.4 Å². The molecule has 0 aliphatic carbocycles. The maximum absolute atomic E-state index is 12.3. The van der Waals surface area contributed by atoms with E-state index in [4.69, 9.17) is 11.6 Å². The molecule has 3 aromatic rings. The van der Waals surface area contributed by atoms with Gasteiger partial charge in [0.25, 0.3) is 10.0 Å². The summed E-state index contributed by atoms with van der Waals surface area (Å²) in [5.74, 6) is 0. The van der Waals surface area contributed by atoms with Gasteiger partial charge in [-0.15, -0.1) is 27.5 Å². The number of nitrogens with zero attached hydrogens (tertiary/aromatic N) is 2. The van der Waals surface area contributed by atoms with E-state index in [1.165, 1.54) is 17.4 Å². The molecule has 2 heterocycles. The van der Waals surface area contributed by atoms with Gasteiger partial charge in [0.2, 0.25) is 4.80 Å². The highest BCUT2D eigenvalue weighted by Gasteiger charge is 2.16. The summed E-state index contributed by atoms with van der Waals surface area (Å²) in [6, 6.07) is 9.07. The maximum Gasteiger partial charge on any atom is 0.294 e. The number of fused-ring (bicyclic) bond motifs is 1. The molecule has 0 aliphatic heterocycles. The molecular formula is C13H11ClN2O2S4. The fourth-order valence-electron chi connectivity index (χ4n) is 1.91. The summed E-state index contributed by atoms with van der Waals surface area (Å²) in [4.78, 5) is 1.58. The lowest BCUT2D eigenvalue weighted by atomic mass is 10.3. The van der Waals surface area contributed by atoms with E-state index in [0.29, 0.717) is 9.14 Å². The summed E-state index contributed by atoms with van der Waals surface area (Å²) >= 11 is 9.82. The van der Waals surface area contributed by atoms with E-state index in [1.54, 1.807) is 22.4 Å². The van der Waals surface area contributed by atoms with E-state index in [9.17, 15) is 8.42 Å². The summed E-state index contributed by atoms with van der Waals surface area (Å²) in [5, 5.41) is 0. The molecule has 0 fully saturated rings. The van der Waals surface area contributed by atoms with Gasteiger partial charge in [0.1, 0.15) is 4.21 Å². The lowest BCUT2D eigenvalue weighted by Gasteiger charge is -1.97. The van der Waals surface area contributed by atoms with Crippen molar-refractivity contribution in [1.82, 2.24) is 4.57 Å². The molecule has 0 aliphatic rings. The van der Waals surface area contributed by atoms with E-state index in [1.807, 2.05) is 31.5 Å². The van der Waals surface area contributed by atoms with Crippen molar-refractivity contribution in [3.63, 3.8) is 0 Å². The van der Waals surface area contributed by atoms with Crippen molar-refractivity contribution >= 4 is 66.3 Å². The lowest BCUT2D eigenvalue weighted by Crippen LogP contribution is -2.13. The SMILES string of the molecule is CSc1ccc2c(c1)s/c(=N\S(=O)(=O)c1ccc(Cl)s1)n2C. The Morgan fingerprint density at radius 1 is 1.23 bits per heavy atom. The molecule has 0 unspecified atom stereocenters. The Morgan fingerprint density at radius 3 is 2.64 bits per heavy atom. The van der Waals surface area contributed by atoms with E-state index < -0.39 is 10.0 Å². The van der Waals surface area contributed by atoms with Crippen molar-refractivity contribution in [2.24, 2.45) is 11.4 Å². The third-order valence-corrected chi connectivity index (χ3v) is 7.92. The molecule has 0 N–H and O–H groups in total. The minimum atomic E-state index is -3.73. The number of aryl methyl sites for hydroxylation is 1. The number of hydrogen-bond acceptors (Lipinski definition) is 5. The van der Waals surface area contributed by atoms with Crippen LogP contribution in [0.5, 0.6) is 0 Å². The number of thiazole rings is 1. The molecular weight excluding hydrogens is 380 g/mol. The first-order chi connectivity index (χ1) is 10.4. The molecule has 1 aromatic carbocycles. The molecule has 0 saturated heterocycles. The van der Waals surface area contributed by atoms with Crippen molar-refractivity contribution in [2.75, 3.05) is 6.26 Å². The van der Waals surface area contributed by atoms with E-state index in [2.05, 4.69) is 4.40 Å². The van der Waals surface area contributed by atoms with Crippen molar-refractivity contribution in [1.29, 1.82) is 0 Å². The van der Waals surface area contributed by atoms with Crippen molar-refractivity contribution in [3.05, 3.63) is 39.5 Å². The predicted octanol–water partition coefficient (Wildman–Crippen LogP) is 3.97. The molecule has 0 bridgehead atoms. The van der Waals surface area contributed by atoms with Crippen LogP contribution in [0.4, 0.5) is 0 Å². The van der Waals surface area contributed by atoms with Crippen LogP contribution in [0, 0.1) is 0 Å². The second kappa shape index (κ2) is 6.01. The Balaban J connectivity index is 2.19. The first-order valence-corrected chi connectivity index (χ1v) is 10.8. The van der Waals surface area contributed by atoms with E-state index >= 15 is 0 Å². The van der Waals surface area contributed by atoms with Gasteiger partial charge in [0, 0.05) is 11.9 Å². The van der Waals surface area contributed by atoms with Gasteiger partial charge in [-0.3, -0.25) is 0 Å². The van der Waals surface area contributed by atoms with Crippen LogP contribution in [0.25, 0.3) is 10.2 Å². The zero-order valence-electron chi connectivity index (χ0n) is 11.6. The molecule has 2 aromatic heterocycles. The van der Waals surface area contributed by atoms with Gasteiger partial charge < -0.3 is 4.57 Å². The number of aromatic nitrogens is 1. The molecule has 0 saturated carbocycles. The van der Waals surface area contributed by atoms with Crippen LogP contribution < -0.4 is 4.80 Å². The number of halogens is 1. The van der Waals surface area contributed by atoms with E-state index in [-0.39, 0.29) is 4.21 Å². The Labute approximate surface area is 145 Å². The van der Waals surface area contributed by atoms with Crippen LogP contribution in [0.15, 0.2) is 43.8 Å². The Kier molecular flexibility index (Phi) is 4.39. The first kappa shape index (κ1) is 16.1. The van der Waals surface area contributed by atoms with Crippen LogP contribution in [-0.4, -0.2) is 19.2 Å². The van der Waals surface area contributed by atoms with Crippen molar-refractivity contribution in [2.45, 2.75) is 9.10 Å². The van der Waals surface area contributed by atoms with Gasteiger partial charge >= 0.3 is 0 Å². The Bertz CT molecular complexity index is 1010. The number of benzene rings is 1. The number of hydrogen-bond donors (Lipinski definition) is 0. The van der Waals surface area contributed by atoms with Crippen LogP contribution >= 0.6 is 46.0 Å². The summed E-state index contributed by atoms with van der Waals surface area (Å²) in [6.45, 7) is 0. The summed E-state index contributed by atoms with van der Waals surface area (Å²) < 4.78 is 32.0. The smallest absolute Gasteiger partial charge is 0.294 e. The number of sulfonamides is 1. The van der Waals surface area contributed by atoms with Crippen LogP contribution in [0.1, 0.15) is 0 Å². The molecule has 4 nitrogen and oxygen atoms in total. The average molecular weight is 391 g/mol. The number of thioether (sulfide) groups is 1. The minimum absolute atomic E-state index is 0.153. The molecule has 0 amide bonds. The van der Waals surface area contributed by atoms with Gasteiger partial charge in [-0.25, -0.2) is 0 Å². The topological polar surface area (TPSA) is 51.4 Å². The minimum Gasteiger partial charge on any atom is -0.319 e. The first-order valence-electron chi connectivity index (χ1n) is 6.10. The Hall–Kier alpha value is -0.800. The molecule has 22 heavy (non-hydrogen) atoms. The Morgan fingerprint density at radius 2 is 2.00 bits per heavy atom. The molecule has 3 rings (SSSR count). The predicted molar refractivity (Wildman–Crippen MR) is 94.7 cm³/mol. The molecule has 116 valence electrons. The van der Waals surface area contributed by atoms with Crippen molar-refractivity contribution < 1.29 is 8.42 Å². The van der Waals surface area contributed by atoms with Crippen LogP contribution in [0.3, 0.4) is 0 Å². The fraction of sp³-hybridized carbons (Fsp3) is 0.154. The highest BCUT2D eigenvalue weighted by molar-refractivity contribution is 7.98. The standard InChI is InChI=1S/C13H11ClN2O2S4/c1-16-9-4-3-8(19-2)7-10(9)20-13(16)15-22(17,18)12-6-5-11(14)21-12/h3-7H,1-2H3/b15-13-. The second-order valence-electron chi connectivity index (χ2n) is 4.40. The largest absolute Gasteiger partial charge is 0.319 e. The normalized spacial score (nSPS) is 13.1. The fourth-order valence-corrected chi connectivity index (χ4v) is 6.17. The van der Waals surface area contributed by atoms with Gasteiger partial charge in [0.05, 0.1) is 14.6 Å². The third kappa shape index (κ3) is 2.98. The molecule has 0 atom stereocenters. The summed E-state index contributed by atoms with van der Waals surface area (Å²) in [7, 11) is -1.92. The van der Waals surface area contributed by atoms with Crippen molar-refractivity contribution in [3.8, 4) is 0 Å². The number of rotatable bonds is 3. The summed E-state index contributed by atoms with van der Waals surface area (Å²) in [5.41, 5.74) is 0.959. The second-order valence-corrected chi connectivity index (χ2v) is 9.84. The highest BCUT2D eigenvalue weighted by Crippen LogP contribution is 2.27. The molecule has 0 radical (unpaired) electrons. The van der Waals surface area contributed by atoms with Gasteiger partial charge in [0.15, 0.2) is 0 Å². The zero-order valence-corrected chi connectivity index (χ0v) is 15.6. The molecule has 0 spiro atoms. The lowest BCUT2D eigenvalue weighted by molar-refractivity contribution is 0.598. The van der Waals surface area contributed by atoms with Gasteiger partial charge in [-0.2, -0.15) is 8.42 Å². The zero-order chi connectivity index (χ0) is 15.9. The number of thiophene rings is 1. The van der Waals surface area contributed by atoms with Crippen LogP contribution in [0.2, 0.25) is 4.34 Å². The summed E-state index contributed by atoms with van der Waals surface area (Å²) in [6.07, 6.45) is 2.01. The van der Waals surface area contributed by atoms with Gasteiger partial charge in [-0.1, -0.05) is 22.9 Å². The van der Waals surface area contributed by atoms with Gasteiger partial charge in [-0.05, 0) is 36.6 Å². The highest BCUT2D eigenvalue weighted by atomic mass is 35.5.